The molecule has 1 fully saturated rings. The average molecular weight is 260 g/mol. The van der Waals surface area contributed by atoms with E-state index in [2.05, 4.69) is 9.97 Å². The molecule has 3 rings (SSSR count). The van der Waals surface area contributed by atoms with Crippen LogP contribution in [-0.4, -0.2) is 33.5 Å². The number of carbonyl (C=O) groups is 2. The zero-order valence-electron chi connectivity index (χ0n) is 9.96. The zero-order chi connectivity index (χ0) is 13.6. The number of rotatable bonds is 2. The number of benzene rings is 1. The van der Waals surface area contributed by atoms with Crippen molar-refractivity contribution in [2.75, 3.05) is 17.2 Å². The van der Waals surface area contributed by atoms with Crippen molar-refractivity contribution >= 4 is 34.3 Å². The molecule has 1 aliphatic rings. The second-order valence-electron chi connectivity index (χ2n) is 4.57. The Kier molecular flexibility index (Phi) is 2.41. The predicted octanol–water partition coefficient (Wildman–Crippen LogP) is 0.583. The maximum atomic E-state index is 11.9. The van der Waals surface area contributed by atoms with E-state index < -0.39 is 11.9 Å². The number of nitrogens with two attached hydrogens (primary N) is 1. The summed E-state index contributed by atoms with van der Waals surface area (Å²) in [6, 6.07) is 3.39. The van der Waals surface area contributed by atoms with Crippen molar-refractivity contribution < 1.29 is 14.7 Å². The molecule has 7 nitrogen and oxygen atoms in total. The van der Waals surface area contributed by atoms with Crippen LogP contribution in [0.15, 0.2) is 18.5 Å². The van der Waals surface area contributed by atoms with Crippen LogP contribution in [0, 0.1) is 5.92 Å². The first-order valence-electron chi connectivity index (χ1n) is 5.82. The van der Waals surface area contributed by atoms with Gasteiger partial charge >= 0.3 is 5.97 Å². The Morgan fingerprint density at radius 1 is 1.53 bits per heavy atom. The maximum Gasteiger partial charge on any atom is 0.308 e. The number of aromatic nitrogens is 2. The Balaban J connectivity index is 2.02. The summed E-state index contributed by atoms with van der Waals surface area (Å²) < 4.78 is 0. The van der Waals surface area contributed by atoms with Crippen molar-refractivity contribution in [1.82, 2.24) is 9.97 Å². The summed E-state index contributed by atoms with van der Waals surface area (Å²) in [4.78, 5) is 31.3. The molecule has 1 saturated heterocycles. The van der Waals surface area contributed by atoms with Crippen molar-refractivity contribution in [1.29, 1.82) is 0 Å². The number of hydrogen-bond donors (Lipinski definition) is 3. The van der Waals surface area contributed by atoms with Crippen molar-refractivity contribution in [2.24, 2.45) is 5.92 Å². The van der Waals surface area contributed by atoms with E-state index in [9.17, 15) is 9.59 Å². The number of H-pyrrole nitrogens is 1. The molecule has 2 aromatic rings. The minimum atomic E-state index is -0.963. The number of carbonyl (C=O) groups excluding carboxylic acids is 1. The van der Waals surface area contributed by atoms with Crippen LogP contribution >= 0.6 is 0 Å². The largest absolute Gasteiger partial charge is 0.481 e. The topological polar surface area (TPSA) is 112 Å². The van der Waals surface area contributed by atoms with Crippen LogP contribution in [0.3, 0.4) is 0 Å². The fourth-order valence-electron chi connectivity index (χ4n) is 2.33. The summed E-state index contributed by atoms with van der Waals surface area (Å²) in [6.07, 6.45) is 1.55. The minimum Gasteiger partial charge on any atom is -0.481 e. The van der Waals surface area contributed by atoms with Crippen LogP contribution < -0.4 is 10.6 Å². The molecule has 0 bridgehead atoms. The molecule has 0 aliphatic carbocycles. The summed E-state index contributed by atoms with van der Waals surface area (Å²) in [5.41, 5.74) is 8.34. The van der Waals surface area contributed by atoms with Crippen LogP contribution in [0.5, 0.6) is 0 Å². The van der Waals surface area contributed by atoms with Crippen LogP contribution in [-0.2, 0) is 9.59 Å². The third kappa shape index (κ3) is 1.79. The van der Waals surface area contributed by atoms with E-state index in [0.29, 0.717) is 16.9 Å². The second-order valence-corrected chi connectivity index (χ2v) is 4.57. The van der Waals surface area contributed by atoms with Gasteiger partial charge in [0.05, 0.1) is 34.7 Å². The number of imidazole rings is 1. The van der Waals surface area contributed by atoms with Gasteiger partial charge in [-0.05, 0) is 12.1 Å². The Morgan fingerprint density at radius 3 is 3.00 bits per heavy atom. The number of nitrogen functional groups attached to an aromatic ring is 1. The molecule has 0 saturated carbocycles. The predicted molar refractivity (Wildman–Crippen MR) is 68.6 cm³/mol. The molecule has 1 aliphatic heterocycles. The molecule has 98 valence electrons. The molecule has 0 spiro atoms. The highest BCUT2D eigenvalue weighted by atomic mass is 16.4. The summed E-state index contributed by atoms with van der Waals surface area (Å²) in [7, 11) is 0. The Bertz CT molecular complexity index is 679. The fourth-order valence-corrected chi connectivity index (χ4v) is 2.33. The van der Waals surface area contributed by atoms with Gasteiger partial charge in [-0.2, -0.15) is 0 Å². The number of amides is 1. The number of anilines is 2. The van der Waals surface area contributed by atoms with Gasteiger partial charge in [0.2, 0.25) is 5.91 Å². The Morgan fingerprint density at radius 2 is 2.32 bits per heavy atom. The van der Waals surface area contributed by atoms with Gasteiger partial charge < -0.3 is 20.7 Å². The second kappa shape index (κ2) is 3.98. The summed E-state index contributed by atoms with van der Waals surface area (Å²) in [5, 5.41) is 8.98. The number of carboxylic acids is 1. The number of aromatic amines is 1. The Labute approximate surface area is 108 Å². The van der Waals surface area contributed by atoms with Gasteiger partial charge in [-0.1, -0.05) is 0 Å². The van der Waals surface area contributed by atoms with E-state index >= 15 is 0 Å². The molecular weight excluding hydrogens is 248 g/mol. The van der Waals surface area contributed by atoms with Gasteiger partial charge in [0.15, 0.2) is 0 Å². The van der Waals surface area contributed by atoms with E-state index in [-0.39, 0.29) is 18.9 Å². The van der Waals surface area contributed by atoms with Crippen LogP contribution in [0.25, 0.3) is 11.0 Å². The third-order valence-electron chi connectivity index (χ3n) is 3.33. The fraction of sp³-hybridized carbons (Fsp3) is 0.250. The SMILES string of the molecule is Nc1cc2[nH]cnc2cc1N1CC(C(=O)O)CC1=O. The molecule has 1 amide bonds. The maximum absolute atomic E-state index is 11.9. The molecule has 1 atom stereocenters. The van der Waals surface area contributed by atoms with Crippen molar-refractivity contribution in [3.8, 4) is 0 Å². The summed E-state index contributed by atoms with van der Waals surface area (Å²) in [5.74, 6) is -1.87. The molecule has 1 aromatic carbocycles. The van der Waals surface area contributed by atoms with Crippen LogP contribution in [0.4, 0.5) is 11.4 Å². The molecule has 4 N–H and O–H groups in total. The standard InChI is InChI=1S/C12H12N4O3/c13-7-2-8-9(15-5-14-8)3-10(7)16-4-6(12(18)19)1-11(16)17/h2-3,5-6H,1,4,13H2,(H,14,15)(H,18,19). The normalized spacial score (nSPS) is 19.3. The molecule has 7 heteroatoms. The van der Waals surface area contributed by atoms with E-state index in [1.807, 2.05) is 0 Å². The van der Waals surface area contributed by atoms with Gasteiger partial charge in [0.1, 0.15) is 0 Å². The van der Waals surface area contributed by atoms with E-state index in [4.69, 9.17) is 10.8 Å². The van der Waals surface area contributed by atoms with Crippen molar-refractivity contribution in [3.63, 3.8) is 0 Å². The molecule has 1 unspecified atom stereocenters. The number of fused-ring (bicyclic) bond motifs is 1. The lowest BCUT2D eigenvalue weighted by Gasteiger charge is -2.18. The number of carboxylic acid groups (broad SMARTS) is 1. The van der Waals surface area contributed by atoms with E-state index in [1.165, 1.54) is 4.90 Å². The smallest absolute Gasteiger partial charge is 0.308 e. The number of nitrogens with zero attached hydrogens (tertiary/aromatic N) is 2. The average Bonchev–Trinajstić information content (AvgIpc) is 2.94. The van der Waals surface area contributed by atoms with Crippen LogP contribution in [0.1, 0.15) is 6.42 Å². The zero-order valence-corrected chi connectivity index (χ0v) is 9.96. The first-order valence-corrected chi connectivity index (χ1v) is 5.82. The lowest BCUT2D eigenvalue weighted by molar-refractivity contribution is -0.141. The molecule has 2 heterocycles. The van der Waals surface area contributed by atoms with Gasteiger partial charge in [-0.15, -0.1) is 0 Å². The first kappa shape index (κ1) is 11.5. The monoisotopic (exact) mass is 260 g/mol. The van der Waals surface area contributed by atoms with Gasteiger partial charge in [-0.3, -0.25) is 9.59 Å². The van der Waals surface area contributed by atoms with Gasteiger partial charge in [0.25, 0.3) is 0 Å². The molecule has 19 heavy (non-hydrogen) atoms. The van der Waals surface area contributed by atoms with E-state index in [0.717, 1.165) is 5.52 Å². The third-order valence-corrected chi connectivity index (χ3v) is 3.33. The first-order chi connectivity index (χ1) is 9.06. The highest BCUT2D eigenvalue weighted by molar-refractivity contribution is 6.03. The quantitative estimate of drug-likeness (QED) is 0.684. The number of aliphatic carboxylic acids is 1. The Hall–Kier alpha value is -2.57. The lowest BCUT2D eigenvalue weighted by Crippen LogP contribution is -2.26. The van der Waals surface area contributed by atoms with Crippen molar-refractivity contribution in [2.45, 2.75) is 6.42 Å². The summed E-state index contributed by atoms with van der Waals surface area (Å²) >= 11 is 0. The van der Waals surface area contributed by atoms with Gasteiger partial charge in [-0.25, -0.2) is 4.98 Å². The molecular formula is C12H12N4O3. The number of nitrogens with one attached hydrogen (secondary N) is 1. The minimum absolute atomic E-state index is 0.00732. The molecule has 0 radical (unpaired) electrons. The van der Waals surface area contributed by atoms with Crippen molar-refractivity contribution in [3.05, 3.63) is 18.5 Å². The van der Waals surface area contributed by atoms with E-state index in [1.54, 1.807) is 18.5 Å². The van der Waals surface area contributed by atoms with Gasteiger partial charge in [0, 0.05) is 13.0 Å². The number of hydrogen-bond acceptors (Lipinski definition) is 4. The highest BCUT2D eigenvalue weighted by Gasteiger charge is 2.35. The van der Waals surface area contributed by atoms with Crippen LogP contribution in [0.2, 0.25) is 0 Å². The molecule has 1 aromatic heterocycles. The highest BCUT2D eigenvalue weighted by Crippen LogP contribution is 2.32. The lowest BCUT2D eigenvalue weighted by atomic mass is 10.1. The summed E-state index contributed by atoms with van der Waals surface area (Å²) in [6.45, 7) is 0.147.